The highest BCUT2D eigenvalue weighted by molar-refractivity contribution is 6.97. The van der Waals surface area contributed by atoms with Crippen LogP contribution in [0.5, 0.6) is 0 Å². The lowest BCUT2D eigenvalue weighted by molar-refractivity contribution is -0.134. The Bertz CT molecular complexity index is 967. The second-order valence-electron chi connectivity index (χ2n) is 8.78. The van der Waals surface area contributed by atoms with Gasteiger partial charge in [0, 0.05) is 31.0 Å². The summed E-state index contributed by atoms with van der Waals surface area (Å²) in [5, 5.41) is 22.1. The Morgan fingerprint density at radius 3 is 2.77 bits per heavy atom. The molecule has 0 saturated carbocycles. The van der Waals surface area contributed by atoms with E-state index in [-0.39, 0.29) is 18.4 Å². The number of nitrogens with zero attached hydrogens (tertiary/aromatic N) is 3. The Labute approximate surface area is 183 Å². The molecular formula is C21H28B2N4O4. The van der Waals surface area contributed by atoms with Crippen LogP contribution < -0.4 is 10.9 Å². The Balaban J connectivity index is 1.57. The summed E-state index contributed by atoms with van der Waals surface area (Å²) < 4.78 is 5.51. The van der Waals surface area contributed by atoms with Gasteiger partial charge in [0.05, 0.1) is 19.9 Å². The lowest BCUT2D eigenvalue weighted by atomic mass is 9.53. The smallest absolute Gasteiger partial charge is 0.234 e. The molecule has 1 aromatic carbocycles. The number of carbonyl (C=O) groups is 1. The van der Waals surface area contributed by atoms with Crippen LogP contribution in [-0.2, 0) is 15.4 Å². The fourth-order valence-corrected chi connectivity index (χ4v) is 4.33. The molecule has 4 rings (SSSR count). The molecule has 162 valence electrons. The number of amidine groups is 1. The molecule has 0 spiro atoms. The summed E-state index contributed by atoms with van der Waals surface area (Å²) >= 11 is 0. The minimum Gasteiger partial charge on any atom is -0.391 e. The molecule has 2 N–H and O–H groups in total. The Morgan fingerprint density at radius 1 is 1.39 bits per heavy atom. The summed E-state index contributed by atoms with van der Waals surface area (Å²) in [5.74, 6) is 0.527. The number of nitrogens with one attached hydrogen (secondary N) is 1. The summed E-state index contributed by atoms with van der Waals surface area (Å²) in [6, 6.07) is 11.2. The highest BCUT2D eigenvalue weighted by atomic mass is 16.7. The van der Waals surface area contributed by atoms with Crippen molar-refractivity contribution < 1.29 is 19.3 Å². The predicted octanol–water partition coefficient (Wildman–Crippen LogP) is -0.208. The van der Waals surface area contributed by atoms with Crippen molar-refractivity contribution in [3.8, 4) is 0 Å². The summed E-state index contributed by atoms with van der Waals surface area (Å²) in [6.45, 7) is 6.11. The zero-order valence-corrected chi connectivity index (χ0v) is 18.4. The van der Waals surface area contributed by atoms with Crippen molar-refractivity contribution in [3.05, 3.63) is 47.7 Å². The number of oxime groups is 1. The van der Waals surface area contributed by atoms with Crippen LogP contribution in [0.25, 0.3) is 0 Å². The molecule has 0 aliphatic carbocycles. The zero-order chi connectivity index (χ0) is 22.2. The quantitative estimate of drug-likeness (QED) is 0.626. The average molecular weight is 422 g/mol. The van der Waals surface area contributed by atoms with E-state index in [2.05, 4.69) is 15.6 Å². The number of benzene rings is 1. The maximum Gasteiger partial charge on any atom is 0.234 e. The number of carbonyl (C=O) groups excluding carboxylic acids is 1. The predicted molar refractivity (Wildman–Crippen MR) is 121 cm³/mol. The number of β-amino-alcohol motifs (C(OH)–C–C–N with tert-alkyl or cyclic N) is 1. The molecule has 0 bridgehead atoms. The van der Waals surface area contributed by atoms with E-state index < -0.39 is 23.8 Å². The molecule has 3 heterocycles. The van der Waals surface area contributed by atoms with Gasteiger partial charge in [-0.3, -0.25) is 4.79 Å². The van der Waals surface area contributed by atoms with Crippen molar-refractivity contribution in [2.45, 2.75) is 51.0 Å². The number of likely N-dealkylation sites (tertiary alicyclic amines) is 1. The molecule has 8 nitrogen and oxygen atoms in total. The maximum absolute atomic E-state index is 13.6. The Morgan fingerprint density at radius 2 is 2.13 bits per heavy atom. The molecule has 2 aliphatic rings. The third-order valence-corrected chi connectivity index (χ3v) is 6.07. The molecule has 1 saturated heterocycles. The number of aliphatic hydroxyl groups is 1. The first kappa shape index (κ1) is 21.5. The van der Waals surface area contributed by atoms with Gasteiger partial charge in [0.1, 0.15) is 18.8 Å². The number of aromatic nitrogens is 1. The fourth-order valence-electron chi connectivity index (χ4n) is 4.33. The fraction of sp³-hybridized carbons (Fsp3) is 0.476. The summed E-state index contributed by atoms with van der Waals surface area (Å²) in [6.07, 6.45) is -0.233. The topological polar surface area (TPSA) is 100 Å². The van der Waals surface area contributed by atoms with Gasteiger partial charge >= 0.3 is 0 Å². The molecule has 2 unspecified atom stereocenters. The Hall–Kier alpha value is -2.74. The van der Waals surface area contributed by atoms with Crippen LogP contribution in [0.15, 0.2) is 46.1 Å². The largest absolute Gasteiger partial charge is 0.391 e. The van der Waals surface area contributed by atoms with Gasteiger partial charge < -0.3 is 24.7 Å². The first-order valence-electron chi connectivity index (χ1n) is 10.9. The Kier molecular flexibility index (Phi) is 5.83. The molecular weight excluding hydrogens is 394 g/mol. The van der Waals surface area contributed by atoms with Crippen molar-refractivity contribution in [1.29, 1.82) is 0 Å². The van der Waals surface area contributed by atoms with Crippen LogP contribution in [0.2, 0.25) is 0 Å². The third kappa shape index (κ3) is 4.08. The molecule has 4 atom stereocenters. The van der Waals surface area contributed by atoms with Crippen molar-refractivity contribution in [1.82, 2.24) is 15.4 Å². The highest BCUT2D eigenvalue weighted by Gasteiger charge is 2.46. The molecule has 1 fully saturated rings. The van der Waals surface area contributed by atoms with E-state index >= 15 is 0 Å². The minimum absolute atomic E-state index is 0.00728. The van der Waals surface area contributed by atoms with Gasteiger partial charge in [-0.05, 0) is 12.0 Å². The van der Waals surface area contributed by atoms with Crippen LogP contribution >= 0.6 is 0 Å². The number of hydrogen-bond donors (Lipinski definition) is 2. The number of aliphatic hydroxyl groups excluding tert-OH is 1. The van der Waals surface area contributed by atoms with E-state index in [1.807, 2.05) is 64.9 Å². The zero-order valence-electron chi connectivity index (χ0n) is 18.4. The number of rotatable bonds is 6. The van der Waals surface area contributed by atoms with E-state index in [9.17, 15) is 9.90 Å². The molecule has 31 heavy (non-hydrogen) atoms. The minimum atomic E-state index is -0.822. The van der Waals surface area contributed by atoms with E-state index in [4.69, 9.17) is 9.36 Å². The first-order chi connectivity index (χ1) is 14.8. The molecule has 0 radical (unpaired) electrons. The van der Waals surface area contributed by atoms with Crippen LogP contribution in [0.1, 0.15) is 44.4 Å². The van der Waals surface area contributed by atoms with Crippen LogP contribution in [0.3, 0.4) is 0 Å². The highest BCUT2D eigenvalue weighted by Crippen LogP contribution is 2.33. The van der Waals surface area contributed by atoms with Crippen LogP contribution in [0.4, 0.5) is 0 Å². The molecule has 1 aromatic heterocycles. The third-order valence-electron chi connectivity index (χ3n) is 6.07. The van der Waals surface area contributed by atoms with Gasteiger partial charge in [0.25, 0.3) is 0 Å². The molecule has 10 heteroatoms. The lowest BCUT2D eigenvalue weighted by Crippen LogP contribution is -2.50. The normalized spacial score (nSPS) is 26.4. The van der Waals surface area contributed by atoms with E-state index in [1.54, 1.807) is 4.90 Å². The van der Waals surface area contributed by atoms with Crippen molar-refractivity contribution >= 4 is 32.2 Å². The monoisotopic (exact) mass is 422 g/mol. The second-order valence-corrected chi connectivity index (χ2v) is 8.78. The molecule has 1 amide bonds. The van der Waals surface area contributed by atoms with E-state index in [0.29, 0.717) is 18.0 Å². The van der Waals surface area contributed by atoms with Gasteiger partial charge in [-0.15, -0.1) is 0 Å². The summed E-state index contributed by atoms with van der Waals surface area (Å²) in [7, 11) is 2.73. The van der Waals surface area contributed by atoms with Gasteiger partial charge in [0.15, 0.2) is 5.84 Å². The number of amides is 1. The van der Waals surface area contributed by atoms with Gasteiger partial charge in [-0.1, -0.05) is 54.5 Å². The molecule has 2 aromatic rings. The first-order valence-corrected chi connectivity index (χ1v) is 10.9. The summed E-state index contributed by atoms with van der Waals surface area (Å²) in [5.41, 5.74) is 0.927. The van der Waals surface area contributed by atoms with E-state index in [0.717, 1.165) is 18.3 Å². The van der Waals surface area contributed by atoms with Crippen molar-refractivity contribution in [2.24, 2.45) is 11.1 Å². The lowest BCUT2D eigenvalue weighted by Gasteiger charge is -2.30. The van der Waals surface area contributed by atoms with Gasteiger partial charge in [0.2, 0.25) is 11.6 Å². The standard InChI is InChI=1S/C21H28B2N4O4/c1-12(2)18(16-10-17(23-22)25-30-16)20(29)27-11-14(28)9-15(27)19-24-21(3,31-26-19)13-7-5-4-6-8-13/h4-8,10,12,14-15,18,23,28H,9,11,22H2,1-3H3,(H,24,26)/t14-,15+,18?,21?/m1/s1. The summed E-state index contributed by atoms with van der Waals surface area (Å²) in [4.78, 5) is 21.1. The van der Waals surface area contributed by atoms with Crippen molar-refractivity contribution in [3.63, 3.8) is 0 Å². The molecule has 2 aliphatic heterocycles. The van der Waals surface area contributed by atoms with Crippen LogP contribution in [-0.4, -0.2) is 60.5 Å². The van der Waals surface area contributed by atoms with Crippen LogP contribution in [0, 0.1) is 5.92 Å². The van der Waals surface area contributed by atoms with Crippen molar-refractivity contribution in [2.75, 3.05) is 6.54 Å². The number of hydrogen-bond acceptors (Lipinski definition) is 7. The maximum atomic E-state index is 13.6. The van der Waals surface area contributed by atoms with E-state index in [1.165, 1.54) is 0 Å². The second kappa shape index (κ2) is 8.42. The van der Waals surface area contributed by atoms with Gasteiger partial charge in [-0.2, -0.15) is 0 Å². The average Bonchev–Trinajstić information content (AvgIpc) is 3.47. The SMILES string of the molecule is BBc1cc(C(C(=O)N2C[C@H](O)C[C@H]2C2=NOC(C)(c3ccccc3)N2)C(C)C)on1. The van der Waals surface area contributed by atoms with Gasteiger partial charge in [-0.25, -0.2) is 0 Å².